The predicted octanol–water partition coefficient (Wildman–Crippen LogP) is 4.68. The van der Waals surface area contributed by atoms with Crippen LogP contribution in [0.15, 0.2) is 47.6 Å². The van der Waals surface area contributed by atoms with Crippen LogP contribution in [0, 0.1) is 6.92 Å². The summed E-state index contributed by atoms with van der Waals surface area (Å²) in [7, 11) is 0. The number of hydrogen-bond acceptors (Lipinski definition) is 3. The summed E-state index contributed by atoms with van der Waals surface area (Å²) in [5.41, 5.74) is 2.39. The van der Waals surface area contributed by atoms with Crippen molar-refractivity contribution in [3.05, 3.63) is 63.6 Å². The second-order valence-corrected chi connectivity index (χ2v) is 5.77. The maximum absolute atomic E-state index is 12.0. The van der Waals surface area contributed by atoms with E-state index in [1.807, 2.05) is 31.2 Å². The molecule has 0 saturated heterocycles. The van der Waals surface area contributed by atoms with E-state index in [1.54, 1.807) is 25.1 Å². The molecular formula is C17H16Cl2N2O2. The number of oxime groups is 1. The first kappa shape index (κ1) is 17.3. The number of rotatable bonds is 5. The van der Waals surface area contributed by atoms with Crippen molar-refractivity contribution in [2.75, 3.05) is 5.32 Å². The minimum atomic E-state index is -0.746. The second-order valence-electron chi connectivity index (χ2n) is 4.98. The quantitative estimate of drug-likeness (QED) is 0.628. The van der Waals surface area contributed by atoms with E-state index in [0.717, 1.165) is 5.56 Å². The molecular weight excluding hydrogens is 335 g/mol. The van der Waals surface area contributed by atoms with Crippen molar-refractivity contribution in [3.8, 4) is 0 Å². The molecule has 0 spiro atoms. The number of aryl methyl sites for hydroxylation is 1. The Labute approximate surface area is 145 Å². The van der Waals surface area contributed by atoms with E-state index >= 15 is 0 Å². The van der Waals surface area contributed by atoms with Crippen molar-refractivity contribution >= 4 is 41.0 Å². The van der Waals surface area contributed by atoms with E-state index < -0.39 is 6.10 Å². The SMILES string of the molecule is Cc1cccc(NC(=O)[C@@H](C)O/N=C\c2cccc(Cl)c2Cl)c1. The molecule has 0 radical (unpaired) electrons. The Hall–Kier alpha value is -2.04. The van der Waals surface area contributed by atoms with Crippen molar-refractivity contribution in [2.24, 2.45) is 5.16 Å². The van der Waals surface area contributed by atoms with Gasteiger partial charge in [-0.3, -0.25) is 4.79 Å². The number of benzene rings is 2. The number of hydrogen-bond donors (Lipinski definition) is 1. The Bertz CT molecular complexity index is 732. The molecule has 0 aliphatic carbocycles. The minimum Gasteiger partial charge on any atom is -0.383 e. The van der Waals surface area contributed by atoms with Crippen LogP contribution in [0.2, 0.25) is 10.0 Å². The molecule has 0 fully saturated rings. The number of carbonyl (C=O) groups excluding carboxylic acids is 1. The molecule has 2 aromatic carbocycles. The Morgan fingerprint density at radius 1 is 1.26 bits per heavy atom. The number of anilines is 1. The maximum Gasteiger partial charge on any atom is 0.267 e. The molecule has 0 saturated carbocycles. The minimum absolute atomic E-state index is 0.287. The van der Waals surface area contributed by atoms with Gasteiger partial charge in [0.05, 0.1) is 16.3 Å². The van der Waals surface area contributed by atoms with Gasteiger partial charge in [-0.25, -0.2) is 0 Å². The molecule has 4 nitrogen and oxygen atoms in total. The first-order valence-corrected chi connectivity index (χ1v) is 7.73. The molecule has 0 bridgehead atoms. The lowest BCUT2D eigenvalue weighted by molar-refractivity contribution is -0.126. The highest BCUT2D eigenvalue weighted by Crippen LogP contribution is 2.24. The zero-order valence-corrected chi connectivity index (χ0v) is 14.2. The molecule has 0 aliphatic rings. The first-order valence-electron chi connectivity index (χ1n) is 6.98. The highest BCUT2D eigenvalue weighted by atomic mass is 35.5. The standard InChI is InChI=1S/C17H16Cl2N2O2/c1-11-5-3-7-14(9-11)21-17(22)12(2)23-20-10-13-6-4-8-15(18)16(13)19/h3-10,12H,1-2H3,(H,21,22)/b20-10-/t12-/m1/s1. The van der Waals surface area contributed by atoms with E-state index in [4.69, 9.17) is 28.0 Å². The van der Waals surface area contributed by atoms with Gasteiger partial charge in [0.2, 0.25) is 6.10 Å². The van der Waals surface area contributed by atoms with E-state index in [0.29, 0.717) is 21.3 Å². The Morgan fingerprint density at radius 3 is 2.74 bits per heavy atom. The van der Waals surface area contributed by atoms with E-state index in [-0.39, 0.29) is 5.91 Å². The zero-order valence-electron chi connectivity index (χ0n) is 12.7. The molecule has 120 valence electrons. The van der Waals surface area contributed by atoms with Crippen LogP contribution in [0.5, 0.6) is 0 Å². The fraction of sp³-hybridized carbons (Fsp3) is 0.176. The van der Waals surface area contributed by atoms with Gasteiger partial charge in [-0.2, -0.15) is 0 Å². The smallest absolute Gasteiger partial charge is 0.267 e. The van der Waals surface area contributed by atoms with Crippen molar-refractivity contribution in [1.29, 1.82) is 0 Å². The fourth-order valence-electron chi connectivity index (χ4n) is 1.81. The third kappa shape index (κ3) is 4.98. The third-order valence-electron chi connectivity index (χ3n) is 3.05. The zero-order chi connectivity index (χ0) is 16.8. The van der Waals surface area contributed by atoms with Crippen molar-refractivity contribution < 1.29 is 9.63 Å². The molecule has 2 aromatic rings. The molecule has 0 heterocycles. The number of carbonyl (C=O) groups is 1. The van der Waals surface area contributed by atoms with Crippen molar-refractivity contribution in [3.63, 3.8) is 0 Å². The third-order valence-corrected chi connectivity index (χ3v) is 3.88. The van der Waals surface area contributed by atoms with Crippen LogP contribution >= 0.6 is 23.2 Å². The lowest BCUT2D eigenvalue weighted by Gasteiger charge is -2.11. The van der Waals surface area contributed by atoms with Crippen LogP contribution in [-0.4, -0.2) is 18.2 Å². The summed E-state index contributed by atoms with van der Waals surface area (Å²) in [6.45, 7) is 3.57. The lowest BCUT2D eigenvalue weighted by Crippen LogP contribution is -2.26. The first-order chi connectivity index (χ1) is 11.0. The molecule has 6 heteroatoms. The second kappa shape index (κ2) is 7.99. The number of nitrogens with one attached hydrogen (secondary N) is 1. The van der Waals surface area contributed by atoms with Gasteiger partial charge < -0.3 is 10.2 Å². The van der Waals surface area contributed by atoms with Crippen molar-refractivity contribution in [1.82, 2.24) is 0 Å². The monoisotopic (exact) mass is 350 g/mol. The molecule has 23 heavy (non-hydrogen) atoms. The van der Waals surface area contributed by atoms with Crippen LogP contribution < -0.4 is 5.32 Å². The van der Waals surface area contributed by atoms with E-state index in [2.05, 4.69) is 10.5 Å². The molecule has 0 unspecified atom stereocenters. The summed E-state index contributed by atoms with van der Waals surface area (Å²) in [6, 6.07) is 12.7. The highest BCUT2D eigenvalue weighted by Gasteiger charge is 2.14. The van der Waals surface area contributed by atoms with Gasteiger partial charge in [0.15, 0.2) is 0 Å². The van der Waals surface area contributed by atoms with Crippen LogP contribution in [0.25, 0.3) is 0 Å². The van der Waals surface area contributed by atoms with Gasteiger partial charge in [0, 0.05) is 11.3 Å². The van der Waals surface area contributed by atoms with Crippen LogP contribution in [0.4, 0.5) is 5.69 Å². The topological polar surface area (TPSA) is 50.7 Å². The molecule has 1 N–H and O–H groups in total. The van der Waals surface area contributed by atoms with Gasteiger partial charge in [-0.15, -0.1) is 0 Å². The van der Waals surface area contributed by atoms with Gasteiger partial charge in [-0.1, -0.05) is 52.6 Å². The average molecular weight is 351 g/mol. The number of amides is 1. The number of halogens is 2. The molecule has 0 aliphatic heterocycles. The molecule has 2 rings (SSSR count). The summed E-state index contributed by atoms with van der Waals surface area (Å²) in [5, 5.41) is 7.38. The summed E-state index contributed by atoms with van der Waals surface area (Å²) >= 11 is 11.9. The largest absolute Gasteiger partial charge is 0.383 e. The predicted molar refractivity (Wildman–Crippen MR) is 94.4 cm³/mol. The lowest BCUT2D eigenvalue weighted by atomic mass is 10.2. The van der Waals surface area contributed by atoms with Crippen LogP contribution in [0.3, 0.4) is 0 Å². The van der Waals surface area contributed by atoms with Gasteiger partial charge >= 0.3 is 0 Å². The van der Waals surface area contributed by atoms with Gasteiger partial charge in [-0.05, 0) is 37.6 Å². The summed E-state index contributed by atoms with van der Waals surface area (Å²) in [5.74, 6) is -0.287. The highest BCUT2D eigenvalue weighted by molar-refractivity contribution is 6.43. The summed E-state index contributed by atoms with van der Waals surface area (Å²) in [6.07, 6.45) is 0.676. The normalized spacial score (nSPS) is 12.2. The Balaban J connectivity index is 1.93. The fourth-order valence-corrected chi connectivity index (χ4v) is 2.17. The Morgan fingerprint density at radius 2 is 2.00 bits per heavy atom. The maximum atomic E-state index is 12.0. The molecule has 1 amide bonds. The molecule has 1 atom stereocenters. The average Bonchev–Trinajstić information content (AvgIpc) is 2.51. The molecule has 0 aromatic heterocycles. The summed E-state index contributed by atoms with van der Waals surface area (Å²) in [4.78, 5) is 17.2. The van der Waals surface area contributed by atoms with Gasteiger partial charge in [0.25, 0.3) is 5.91 Å². The van der Waals surface area contributed by atoms with E-state index in [1.165, 1.54) is 6.21 Å². The van der Waals surface area contributed by atoms with Crippen LogP contribution in [-0.2, 0) is 9.63 Å². The Kier molecular flexibility index (Phi) is 6.02. The van der Waals surface area contributed by atoms with Gasteiger partial charge in [0.1, 0.15) is 0 Å². The van der Waals surface area contributed by atoms with E-state index in [9.17, 15) is 4.79 Å². The number of nitrogens with zero attached hydrogens (tertiary/aromatic N) is 1. The summed E-state index contributed by atoms with van der Waals surface area (Å²) < 4.78 is 0. The van der Waals surface area contributed by atoms with Crippen LogP contribution in [0.1, 0.15) is 18.1 Å². The van der Waals surface area contributed by atoms with Crippen molar-refractivity contribution in [2.45, 2.75) is 20.0 Å².